The molecule has 0 aliphatic carbocycles. The van der Waals surface area contributed by atoms with Gasteiger partial charge in [0.2, 0.25) is 5.91 Å². The highest BCUT2D eigenvalue weighted by atomic mass is 35.5. The number of nitrogens with one attached hydrogen (secondary N) is 3. The Morgan fingerprint density at radius 2 is 1.82 bits per heavy atom. The molecule has 3 aromatic rings. The van der Waals surface area contributed by atoms with Crippen molar-refractivity contribution < 1.29 is 14.0 Å². The summed E-state index contributed by atoms with van der Waals surface area (Å²) in [5.74, 6) is -0.978. The van der Waals surface area contributed by atoms with Gasteiger partial charge >= 0.3 is 0 Å². The van der Waals surface area contributed by atoms with E-state index in [0.29, 0.717) is 38.5 Å². The quantitative estimate of drug-likeness (QED) is 0.287. The van der Waals surface area contributed by atoms with Crippen molar-refractivity contribution in [2.75, 3.05) is 16.4 Å². The number of furan rings is 1. The van der Waals surface area contributed by atoms with Crippen molar-refractivity contribution in [3.8, 4) is 6.07 Å². The van der Waals surface area contributed by atoms with Gasteiger partial charge in [0.1, 0.15) is 5.76 Å². The summed E-state index contributed by atoms with van der Waals surface area (Å²) < 4.78 is 5.64. The Morgan fingerprint density at radius 1 is 1.08 bits per heavy atom. The Hall–Kier alpha value is -3.64. The summed E-state index contributed by atoms with van der Waals surface area (Å²) >= 11 is 13.4. The fourth-order valence-electron chi connectivity index (χ4n) is 4.23. The monoisotopic (exact) mass is 566 g/mol. The van der Waals surface area contributed by atoms with Gasteiger partial charge in [0, 0.05) is 16.4 Å². The fraction of sp³-hybridized carbons (Fsp3) is 0.179. The van der Waals surface area contributed by atoms with Gasteiger partial charge < -0.3 is 20.4 Å². The lowest BCUT2D eigenvalue weighted by molar-refractivity contribution is -0.114. The van der Waals surface area contributed by atoms with Gasteiger partial charge in [-0.25, -0.2) is 0 Å². The van der Waals surface area contributed by atoms with Gasteiger partial charge in [0.05, 0.1) is 50.9 Å². The van der Waals surface area contributed by atoms with Crippen LogP contribution in [0.25, 0.3) is 0 Å². The molecule has 3 N–H and O–H groups in total. The predicted octanol–water partition coefficient (Wildman–Crippen LogP) is 6.91. The number of aryl methyl sites for hydroxylation is 2. The van der Waals surface area contributed by atoms with Crippen molar-refractivity contribution in [3.05, 3.63) is 104 Å². The number of carbonyl (C=O) groups excluding carboxylic acids is 2. The Balaban J connectivity index is 1.59. The van der Waals surface area contributed by atoms with E-state index in [4.69, 9.17) is 27.6 Å². The van der Waals surface area contributed by atoms with Crippen LogP contribution < -0.4 is 16.0 Å². The number of nitriles is 1. The minimum Gasteiger partial charge on any atom is -0.468 e. The summed E-state index contributed by atoms with van der Waals surface area (Å²) in [6, 6.07) is 16.2. The van der Waals surface area contributed by atoms with E-state index in [1.54, 1.807) is 31.2 Å². The SMILES string of the molecule is CC1=C(C(=O)Nc2ccc(Cl)cc2Cl)C(c2ccco2)C(C#N)=C(SCC(=O)Nc2cc(C)cc(C)c2)N1. The lowest BCUT2D eigenvalue weighted by Gasteiger charge is -2.28. The summed E-state index contributed by atoms with van der Waals surface area (Å²) in [7, 11) is 0. The molecule has 1 aliphatic heterocycles. The molecule has 2 amide bonds. The molecule has 0 bridgehead atoms. The summed E-state index contributed by atoms with van der Waals surface area (Å²) in [6.45, 7) is 5.66. The van der Waals surface area contributed by atoms with Gasteiger partial charge in [0.15, 0.2) is 0 Å². The number of rotatable bonds is 7. The van der Waals surface area contributed by atoms with Crippen LogP contribution in [0.1, 0.15) is 29.7 Å². The lowest BCUT2D eigenvalue weighted by atomic mass is 9.85. The van der Waals surface area contributed by atoms with Crippen LogP contribution in [0.4, 0.5) is 11.4 Å². The van der Waals surface area contributed by atoms with Crippen LogP contribution >= 0.6 is 35.0 Å². The second-order valence-electron chi connectivity index (χ2n) is 8.76. The maximum absolute atomic E-state index is 13.5. The van der Waals surface area contributed by atoms with Gasteiger partial charge in [-0.1, -0.05) is 41.0 Å². The average Bonchev–Trinajstić information content (AvgIpc) is 3.38. The first-order valence-corrected chi connectivity index (χ1v) is 13.3. The molecule has 0 saturated carbocycles. The second-order valence-corrected chi connectivity index (χ2v) is 10.6. The average molecular weight is 567 g/mol. The molecule has 0 fully saturated rings. The van der Waals surface area contributed by atoms with Crippen LogP contribution in [0, 0.1) is 25.2 Å². The van der Waals surface area contributed by atoms with E-state index in [-0.39, 0.29) is 22.3 Å². The molecule has 7 nitrogen and oxygen atoms in total. The topological polar surface area (TPSA) is 107 Å². The minimum absolute atomic E-state index is 0.0561. The molecule has 2 heterocycles. The molecule has 0 radical (unpaired) electrons. The van der Waals surface area contributed by atoms with Crippen molar-refractivity contribution >= 4 is 58.2 Å². The first-order valence-electron chi connectivity index (χ1n) is 11.6. The predicted molar refractivity (Wildman–Crippen MR) is 152 cm³/mol. The number of benzene rings is 2. The number of halogens is 2. The highest BCUT2D eigenvalue weighted by molar-refractivity contribution is 8.03. The smallest absolute Gasteiger partial charge is 0.254 e. The van der Waals surface area contributed by atoms with E-state index in [1.807, 2.05) is 32.0 Å². The zero-order valence-electron chi connectivity index (χ0n) is 20.8. The molecular weight excluding hydrogens is 543 g/mol. The summed E-state index contributed by atoms with van der Waals surface area (Å²) in [5, 5.41) is 20.2. The number of dihydropyridines is 1. The zero-order chi connectivity index (χ0) is 27.4. The van der Waals surface area contributed by atoms with Crippen LogP contribution in [0.2, 0.25) is 10.0 Å². The summed E-state index contributed by atoms with van der Waals surface area (Å²) in [4.78, 5) is 26.2. The third-order valence-electron chi connectivity index (χ3n) is 5.75. The largest absolute Gasteiger partial charge is 0.468 e. The summed E-state index contributed by atoms with van der Waals surface area (Å²) in [5.41, 5.74) is 4.26. The van der Waals surface area contributed by atoms with E-state index in [2.05, 4.69) is 22.0 Å². The Kier molecular flexibility index (Phi) is 8.52. The number of thioether (sulfide) groups is 1. The molecule has 1 aliphatic rings. The Labute approximate surface area is 234 Å². The minimum atomic E-state index is -0.785. The van der Waals surface area contributed by atoms with E-state index in [1.165, 1.54) is 24.1 Å². The first kappa shape index (κ1) is 27.4. The van der Waals surface area contributed by atoms with Crippen molar-refractivity contribution in [2.24, 2.45) is 0 Å². The maximum atomic E-state index is 13.5. The number of carbonyl (C=O) groups is 2. The number of amides is 2. The number of allylic oxidation sites excluding steroid dienone is 2. The van der Waals surface area contributed by atoms with Gasteiger partial charge in [-0.05, 0) is 74.4 Å². The molecule has 0 saturated heterocycles. The van der Waals surface area contributed by atoms with Crippen LogP contribution in [-0.4, -0.2) is 17.6 Å². The normalized spacial score (nSPS) is 15.1. The maximum Gasteiger partial charge on any atom is 0.254 e. The zero-order valence-corrected chi connectivity index (χ0v) is 23.1. The number of anilines is 2. The van der Waals surface area contributed by atoms with Crippen LogP contribution in [0.5, 0.6) is 0 Å². The van der Waals surface area contributed by atoms with Crippen molar-refractivity contribution in [2.45, 2.75) is 26.7 Å². The molecular formula is C28H24Cl2N4O3S. The molecule has 194 valence electrons. The third-order valence-corrected chi connectivity index (χ3v) is 7.32. The number of hydrogen-bond acceptors (Lipinski definition) is 6. The van der Waals surface area contributed by atoms with Gasteiger partial charge in [-0.15, -0.1) is 0 Å². The molecule has 38 heavy (non-hydrogen) atoms. The summed E-state index contributed by atoms with van der Waals surface area (Å²) in [6.07, 6.45) is 1.48. The third kappa shape index (κ3) is 6.25. The van der Waals surface area contributed by atoms with Crippen molar-refractivity contribution in [1.82, 2.24) is 5.32 Å². The van der Waals surface area contributed by atoms with Crippen molar-refractivity contribution in [1.29, 1.82) is 5.26 Å². The highest BCUT2D eigenvalue weighted by Crippen LogP contribution is 2.41. The number of nitrogens with zero attached hydrogens (tertiary/aromatic N) is 1. The first-order chi connectivity index (χ1) is 18.2. The molecule has 1 unspecified atom stereocenters. The van der Waals surface area contributed by atoms with Gasteiger partial charge in [0.25, 0.3) is 5.91 Å². The van der Waals surface area contributed by atoms with E-state index >= 15 is 0 Å². The van der Waals surface area contributed by atoms with Crippen LogP contribution in [0.15, 0.2) is 81.1 Å². The molecule has 4 rings (SSSR count). The highest BCUT2D eigenvalue weighted by Gasteiger charge is 2.36. The van der Waals surface area contributed by atoms with Gasteiger partial charge in [-0.3, -0.25) is 9.59 Å². The molecule has 10 heteroatoms. The van der Waals surface area contributed by atoms with Gasteiger partial charge in [-0.2, -0.15) is 5.26 Å². The van der Waals surface area contributed by atoms with E-state index in [0.717, 1.165) is 11.1 Å². The molecule has 1 aromatic heterocycles. The van der Waals surface area contributed by atoms with Crippen LogP contribution in [-0.2, 0) is 9.59 Å². The molecule has 0 spiro atoms. The Morgan fingerprint density at radius 3 is 2.45 bits per heavy atom. The fourth-order valence-corrected chi connectivity index (χ4v) is 5.58. The van der Waals surface area contributed by atoms with E-state index in [9.17, 15) is 14.9 Å². The second kappa shape index (κ2) is 11.8. The Bertz CT molecular complexity index is 1490. The number of hydrogen-bond donors (Lipinski definition) is 3. The van der Waals surface area contributed by atoms with Crippen molar-refractivity contribution in [3.63, 3.8) is 0 Å². The molecule has 1 atom stereocenters. The lowest BCUT2D eigenvalue weighted by Crippen LogP contribution is -2.31. The molecule has 2 aromatic carbocycles. The standard InChI is InChI=1S/C28H24Cl2N4O3S/c1-15-9-16(2)11-19(10-15)33-24(35)14-38-28-20(13-31)26(23-5-4-8-37-23)25(17(3)32-28)27(36)34-22-7-6-18(29)12-21(22)30/h4-12,26,32H,14H2,1-3H3,(H,33,35)(H,34,36). The van der Waals surface area contributed by atoms with E-state index < -0.39 is 11.8 Å². The van der Waals surface area contributed by atoms with Crippen LogP contribution in [0.3, 0.4) is 0 Å².